The van der Waals surface area contributed by atoms with Gasteiger partial charge < -0.3 is 21.7 Å². The Labute approximate surface area is 190 Å². The van der Waals surface area contributed by atoms with Crippen molar-refractivity contribution in [2.24, 2.45) is 10.9 Å². The van der Waals surface area contributed by atoms with Gasteiger partial charge in [-0.15, -0.1) is 0 Å². The number of rotatable bonds is 2. The van der Waals surface area contributed by atoms with Gasteiger partial charge in [0, 0.05) is 23.3 Å². The first-order chi connectivity index (χ1) is 14.5. The third-order valence-corrected chi connectivity index (χ3v) is 6.05. The quantitative estimate of drug-likeness (QED) is 0.197. The SMILES string of the molecule is CS(C)=O.NC(=O)NC1NC(=O)NC1=O.NS(=O)(=O)c1cc2c(cc1Cl)NCNS2(=O)=O. The van der Waals surface area contributed by atoms with Crippen LogP contribution in [0.25, 0.3) is 0 Å². The zero-order chi connectivity index (χ0) is 24.9. The first kappa shape index (κ1) is 27.5. The highest BCUT2D eigenvalue weighted by atomic mass is 35.5. The molecule has 0 saturated carbocycles. The number of nitrogens with one attached hydrogen (secondary N) is 5. The summed E-state index contributed by atoms with van der Waals surface area (Å²) in [5.41, 5.74) is 4.94. The molecule has 0 aromatic heterocycles. The number of sulfonamides is 2. The summed E-state index contributed by atoms with van der Waals surface area (Å²) in [5.74, 6) is -0.617. The molecule has 2 aliphatic heterocycles. The molecule has 0 bridgehead atoms. The molecule has 1 atom stereocenters. The smallest absolute Gasteiger partial charge is 0.323 e. The lowest BCUT2D eigenvalue weighted by molar-refractivity contribution is -0.120. The van der Waals surface area contributed by atoms with Crippen LogP contribution < -0.4 is 36.9 Å². The molecule has 1 aromatic carbocycles. The maximum Gasteiger partial charge on any atom is 0.323 e. The Morgan fingerprint density at radius 2 is 1.84 bits per heavy atom. The molecule has 32 heavy (non-hydrogen) atoms. The van der Waals surface area contributed by atoms with E-state index in [1.54, 1.807) is 12.5 Å². The minimum Gasteiger partial charge on any atom is -0.370 e. The predicted molar refractivity (Wildman–Crippen MR) is 115 cm³/mol. The van der Waals surface area contributed by atoms with Crippen LogP contribution in [-0.2, 0) is 35.6 Å². The van der Waals surface area contributed by atoms with Crippen molar-refractivity contribution in [1.82, 2.24) is 20.7 Å². The minimum absolute atomic E-state index is 0.0143. The Morgan fingerprint density at radius 3 is 2.28 bits per heavy atom. The summed E-state index contributed by atoms with van der Waals surface area (Å²) in [6.07, 6.45) is 2.24. The zero-order valence-electron chi connectivity index (χ0n) is 16.5. The van der Waals surface area contributed by atoms with Gasteiger partial charge in [-0.2, -0.15) is 4.72 Å². The highest BCUT2D eigenvalue weighted by molar-refractivity contribution is 7.90. The lowest BCUT2D eigenvalue weighted by Gasteiger charge is -2.20. The molecule has 0 aliphatic carbocycles. The Kier molecular flexibility index (Phi) is 9.36. The second kappa shape index (κ2) is 10.9. The molecule has 180 valence electrons. The van der Waals surface area contributed by atoms with E-state index in [1.807, 2.05) is 10.6 Å². The van der Waals surface area contributed by atoms with Crippen LogP contribution in [0.3, 0.4) is 0 Å². The first-order valence-corrected chi connectivity index (χ1v) is 13.4. The average molecular weight is 534 g/mol. The maximum atomic E-state index is 11.6. The fourth-order valence-electron chi connectivity index (χ4n) is 2.08. The van der Waals surface area contributed by atoms with Gasteiger partial charge in [0.25, 0.3) is 5.91 Å². The predicted octanol–water partition coefficient (Wildman–Crippen LogP) is -2.54. The number of urea groups is 2. The molecule has 0 spiro atoms. The fraction of sp³-hybridized carbons (Fsp3) is 0.308. The van der Waals surface area contributed by atoms with Crippen molar-refractivity contribution in [2.75, 3.05) is 24.5 Å². The number of benzene rings is 1. The number of imide groups is 1. The summed E-state index contributed by atoms with van der Waals surface area (Å²) in [6, 6.07) is 0.636. The summed E-state index contributed by atoms with van der Waals surface area (Å²) >= 11 is 5.72. The van der Waals surface area contributed by atoms with Gasteiger partial charge in [0.05, 0.1) is 17.4 Å². The number of fused-ring (bicyclic) bond motifs is 1. The van der Waals surface area contributed by atoms with E-state index < -0.39 is 59.9 Å². The number of carbonyl (C=O) groups is 3. The molecule has 19 heteroatoms. The maximum absolute atomic E-state index is 11.6. The first-order valence-electron chi connectivity index (χ1n) is 8.07. The lowest BCUT2D eigenvalue weighted by Crippen LogP contribution is -2.48. The number of nitrogens with two attached hydrogens (primary N) is 2. The molecule has 1 aromatic rings. The molecule has 15 nitrogen and oxygen atoms in total. The van der Waals surface area contributed by atoms with Gasteiger partial charge in [0.15, 0.2) is 6.17 Å². The Balaban J connectivity index is 0.000000293. The molecule has 2 aliphatic rings. The fourth-order valence-corrected chi connectivity index (χ4v) is 4.36. The van der Waals surface area contributed by atoms with Crippen LogP contribution in [0.1, 0.15) is 0 Å². The van der Waals surface area contributed by atoms with Crippen LogP contribution in [0.15, 0.2) is 21.9 Å². The van der Waals surface area contributed by atoms with E-state index in [0.29, 0.717) is 0 Å². The molecule has 1 saturated heterocycles. The molecule has 1 fully saturated rings. The van der Waals surface area contributed by atoms with Gasteiger partial charge >= 0.3 is 12.1 Å². The summed E-state index contributed by atoms with van der Waals surface area (Å²) < 4.78 is 57.4. The monoisotopic (exact) mass is 533 g/mol. The number of halogens is 1. The van der Waals surface area contributed by atoms with Crippen molar-refractivity contribution in [3.63, 3.8) is 0 Å². The zero-order valence-corrected chi connectivity index (χ0v) is 19.7. The van der Waals surface area contributed by atoms with E-state index in [-0.39, 0.29) is 22.3 Å². The van der Waals surface area contributed by atoms with Crippen LogP contribution in [0.4, 0.5) is 15.3 Å². The third-order valence-electron chi connectivity index (χ3n) is 3.23. The van der Waals surface area contributed by atoms with Crippen LogP contribution in [0, 0.1) is 0 Å². The topological polar surface area (TPSA) is 249 Å². The van der Waals surface area contributed by atoms with E-state index in [9.17, 15) is 35.4 Å². The Hall–Kier alpha value is -2.51. The van der Waals surface area contributed by atoms with E-state index in [4.69, 9.17) is 22.5 Å². The molecule has 1 unspecified atom stereocenters. The van der Waals surface area contributed by atoms with Gasteiger partial charge in [-0.25, -0.2) is 31.6 Å². The standard InChI is InChI=1S/C7H8ClN3O4S2.C4H6N4O3.C2H6OS/c8-4-1-5-7(2-6(4)16(9,12)13)17(14,15)11-3-10-5;5-3(10)6-1-2(9)8-4(11)7-1;1-4(2)3/h1-2,10-11H,3H2,(H2,9,12,13);1H,(H3,5,6,10)(H2,7,8,9,11);1-2H3. The summed E-state index contributed by atoms with van der Waals surface area (Å²) in [5, 5.41) is 13.6. The van der Waals surface area contributed by atoms with E-state index >= 15 is 0 Å². The second-order valence-corrected chi connectivity index (χ2v) is 11.1. The van der Waals surface area contributed by atoms with Gasteiger partial charge in [0.2, 0.25) is 20.0 Å². The summed E-state index contributed by atoms with van der Waals surface area (Å²) in [7, 11) is -8.41. The third kappa shape index (κ3) is 8.20. The lowest BCUT2D eigenvalue weighted by atomic mass is 10.3. The summed E-state index contributed by atoms with van der Waals surface area (Å²) in [4.78, 5) is 30.6. The largest absolute Gasteiger partial charge is 0.370 e. The molecule has 3 rings (SSSR count). The molecule has 9 N–H and O–H groups in total. The number of hydrogen-bond acceptors (Lipinski definition) is 9. The number of hydrogen-bond donors (Lipinski definition) is 7. The van der Waals surface area contributed by atoms with E-state index in [1.165, 1.54) is 6.07 Å². The number of amides is 5. The molecular formula is C13H20ClN7O8S3. The highest BCUT2D eigenvalue weighted by Crippen LogP contribution is 2.32. The van der Waals surface area contributed by atoms with Crippen molar-refractivity contribution in [1.29, 1.82) is 0 Å². The van der Waals surface area contributed by atoms with Crippen LogP contribution in [-0.4, -0.2) is 64.4 Å². The van der Waals surface area contributed by atoms with E-state index in [2.05, 4.69) is 15.4 Å². The second-order valence-electron chi connectivity index (χ2n) is 5.97. The molecule has 2 heterocycles. The number of anilines is 1. The number of primary sulfonamides is 1. The number of carbonyl (C=O) groups excluding carboxylic acids is 3. The van der Waals surface area contributed by atoms with Gasteiger partial charge in [-0.3, -0.25) is 14.3 Å². The van der Waals surface area contributed by atoms with Crippen molar-refractivity contribution < 1.29 is 35.4 Å². The van der Waals surface area contributed by atoms with Crippen LogP contribution in [0.5, 0.6) is 0 Å². The van der Waals surface area contributed by atoms with Crippen LogP contribution in [0.2, 0.25) is 5.02 Å². The van der Waals surface area contributed by atoms with Crippen LogP contribution >= 0.6 is 11.6 Å². The normalized spacial score (nSPS) is 18.5. The summed E-state index contributed by atoms with van der Waals surface area (Å²) in [6.45, 7) is 0.0143. The van der Waals surface area contributed by atoms with Gasteiger partial charge in [-0.1, -0.05) is 11.6 Å². The highest BCUT2D eigenvalue weighted by Gasteiger charge is 2.30. The Morgan fingerprint density at radius 1 is 1.28 bits per heavy atom. The van der Waals surface area contributed by atoms with Crippen molar-refractivity contribution >= 4 is 66.1 Å². The van der Waals surface area contributed by atoms with Gasteiger partial charge in [0.1, 0.15) is 9.79 Å². The van der Waals surface area contributed by atoms with Gasteiger partial charge in [-0.05, 0) is 12.1 Å². The number of primary amides is 1. The average Bonchev–Trinajstić information content (AvgIpc) is 2.89. The Bertz CT molecular complexity index is 1150. The molecular weight excluding hydrogens is 514 g/mol. The van der Waals surface area contributed by atoms with Crippen molar-refractivity contribution in [3.05, 3.63) is 17.2 Å². The molecule has 5 amide bonds. The molecule has 0 radical (unpaired) electrons. The van der Waals surface area contributed by atoms with Crippen molar-refractivity contribution in [2.45, 2.75) is 16.0 Å². The van der Waals surface area contributed by atoms with Crippen molar-refractivity contribution in [3.8, 4) is 0 Å². The minimum atomic E-state index is -4.07. The van der Waals surface area contributed by atoms with E-state index in [0.717, 1.165) is 6.07 Å².